The van der Waals surface area contributed by atoms with Crippen molar-refractivity contribution < 1.29 is 13.9 Å². The van der Waals surface area contributed by atoms with Crippen LogP contribution in [0.2, 0.25) is 0 Å². The summed E-state index contributed by atoms with van der Waals surface area (Å²) >= 11 is 0. The van der Waals surface area contributed by atoms with Crippen molar-refractivity contribution in [3.05, 3.63) is 34.9 Å². The first-order valence-electron chi connectivity index (χ1n) is 4.01. The molecule has 0 heterocycles. The van der Waals surface area contributed by atoms with Gasteiger partial charge in [-0.1, -0.05) is 0 Å². The number of benzene rings is 1. The maximum atomic E-state index is 12.8. The lowest BCUT2D eigenvalue weighted by atomic mass is 9.94. The van der Waals surface area contributed by atoms with E-state index >= 15 is 0 Å². The number of hydrogen-bond acceptors (Lipinski definition) is 1. The Bertz CT molecular complexity index is 326. The number of aliphatic hydroxyl groups is 1. The van der Waals surface area contributed by atoms with Gasteiger partial charge in [-0.25, -0.2) is 8.78 Å². The summed E-state index contributed by atoms with van der Waals surface area (Å²) in [7, 11) is 0. The first-order chi connectivity index (χ1) is 5.82. The molecule has 0 radical (unpaired) electrons. The predicted octanol–water partition coefficient (Wildman–Crippen LogP) is 2.50. The van der Waals surface area contributed by atoms with Crippen LogP contribution in [0.1, 0.15) is 25.0 Å². The fourth-order valence-corrected chi connectivity index (χ4v) is 1.31. The van der Waals surface area contributed by atoms with Gasteiger partial charge in [-0.3, -0.25) is 0 Å². The first kappa shape index (κ1) is 10.1. The lowest BCUT2D eigenvalue weighted by molar-refractivity contribution is 0.0774. The van der Waals surface area contributed by atoms with Crippen LogP contribution in [0, 0.1) is 18.6 Å². The molecule has 1 nitrogen and oxygen atoms in total. The van der Waals surface area contributed by atoms with Gasteiger partial charge in [-0.05, 0) is 44.0 Å². The predicted molar refractivity (Wildman–Crippen MR) is 46.3 cm³/mol. The quantitative estimate of drug-likeness (QED) is 0.714. The highest BCUT2D eigenvalue weighted by molar-refractivity contribution is 5.31. The summed E-state index contributed by atoms with van der Waals surface area (Å²) < 4.78 is 25.5. The third-order valence-electron chi connectivity index (χ3n) is 1.93. The van der Waals surface area contributed by atoms with Crippen LogP contribution in [0.3, 0.4) is 0 Å². The van der Waals surface area contributed by atoms with Crippen molar-refractivity contribution >= 4 is 0 Å². The van der Waals surface area contributed by atoms with Crippen molar-refractivity contribution in [1.29, 1.82) is 0 Å². The zero-order valence-electron chi connectivity index (χ0n) is 7.86. The number of aryl methyl sites for hydroxylation is 1. The minimum absolute atomic E-state index is 0.409. The molecule has 1 rings (SSSR count). The summed E-state index contributed by atoms with van der Waals surface area (Å²) in [5.74, 6) is -1.81. The highest BCUT2D eigenvalue weighted by Crippen LogP contribution is 2.25. The highest BCUT2D eigenvalue weighted by Gasteiger charge is 2.20. The summed E-state index contributed by atoms with van der Waals surface area (Å²) in [5, 5.41) is 9.60. The van der Waals surface area contributed by atoms with Crippen molar-refractivity contribution in [3.8, 4) is 0 Å². The Morgan fingerprint density at radius 3 is 2.08 bits per heavy atom. The molecule has 0 aliphatic rings. The average molecular weight is 186 g/mol. The van der Waals surface area contributed by atoms with Crippen LogP contribution >= 0.6 is 0 Å². The molecule has 0 spiro atoms. The van der Waals surface area contributed by atoms with E-state index in [2.05, 4.69) is 0 Å². The molecule has 1 aromatic rings. The standard InChI is InChI=1S/C10H12F2O/c1-6-4-8(11)9(12)5-7(6)10(2,3)13/h4-5,13H,1-3H3. The Labute approximate surface area is 76.0 Å². The maximum Gasteiger partial charge on any atom is 0.159 e. The van der Waals surface area contributed by atoms with Gasteiger partial charge in [0.15, 0.2) is 11.6 Å². The molecule has 0 fully saturated rings. The summed E-state index contributed by atoms with van der Waals surface area (Å²) in [4.78, 5) is 0. The molecule has 0 saturated carbocycles. The molecule has 0 aliphatic heterocycles. The summed E-state index contributed by atoms with van der Waals surface area (Å²) in [5.41, 5.74) is -0.184. The Kier molecular flexibility index (Phi) is 2.39. The van der Waals surface area contributed by atoms with E-state index in [0.29, 0.717) is 11.1 Å². The molecular weight excluding hydrogens is 174 g/mol. The van der Waals surface area contributed by atoms with Crippen LogP contribution in [0.25, 0.3) is 0 Å². The largest absolute Gasteiger partial charge is 0.386 e. The maximum absolute atomic E-state index is 12.8. The topological polar surface area (TPSA) is 20.2 Å². The highest BCUT2D eigenvalue weighted by atomic mass is 19.2. The Morgan fingerprint density at radius 2 is 1.62 bits per heavy atom. The van der Waals surface area contributed by atoms with E-state index in [1.165, 1.54) is 13.8 Å². The summed E-state index contributed by atoms with van der Waals surface area (Å²) in [6.07, 6.45) is 0. The fourth-order valence-electron chi connectivity index (χ4n) is 1.31. The molecule has 0 saturated heterocycles. The molecule has 1 aromatic carbocycles. The number of halogens is 2. The summed E-state index contributed by atoms with van der Waals surface area (Å²) in [6, 6.07) is 2.12. The van der Waals surface area contributed by atoms with E-state index in [4.69, 9.17) is 0 Å². The van der Waals surface area contributed by atoms with E-state index < -0.39 is 17.2 Å². The monoisotopic (exact) mass is 186 g/mol. The molecule has 0 aliphatic carbocycles. The van der Waals surface area contributed by atoms with Crippen LogP contribution < -0.4 is 0 Å². The molecule has 0 aromatic heterocycles. The zero-order valence-corrected chi connectivity index (χ0v) is 7.86. The van der Waals surface area contributed by atoms with Crippen molar-refractivity contribution in [2.24, 2.45) is 0 Å². The van der Waals surface area contributed by atoms with E-state index in [1.54, 1.807) is 6.92 Å². The van der Waals surface area contributed by atoms with Gasteiger partial charge in [0.1, 0.15) is 0 Å². The van der Waals surface area contributed by atoms with Gasteiger partial charge in [-0.15, -0.1) is 0 Å². The third kappa shape index (κ3) is 2.04. The SMILES string of the molecule is Cc1cc(F)c(F)cc1C(C)(C)O. The second-order valence-electron chi connectivity index (χ2n) is 3.64. The zero-order chi connectivity index (χ0) is 10.2. The van der Waals surface area contributed by atoms with Gasteiger partial charge in [0.05, 0.1) is 5.60 Å². The van der Waals surface area contributed by atoms with Gasteiger partial charge in [0.25, 0.3) is 0 Å². The van der Waals surface area contributed by atoms with Crippen molar-refractivity contribution in [2.75, 3.05) is 0 Å². The van der Waals surface area contributed by atoms with E-state index in [9.17, 15) is 13.9 Å². The van der Waals surface area contributed by atoms with Gasteiger partial charge in [-0.2, -0.15) is 0 Å². The minimum Gasteiger partial charge on any atom is -0.386 e. The van der Waals surface area contributed by atoms with Gasteiger partial charge >= 0.3 is 0 Å². The van der Waals surface area contributed by atoms with Crippen molar-refractivity contribution in [3.63, 3.8) is 0 Å². The molecule has 0 amide bonds. The lowest BCUT2D eigenvalue weighted by Gasteiger charge is -2.20. The Morgan fingerprint density at radius 1 is 1.15 bits per heavy atom. The van der Waals surface area contributed by atoms with Gasteiger partial charge in [0.2, 0.25) is 0 Å². The van der Waals surface area contributed by atoms with E-state index in [1.807, 2.05) is 0 Å². The van der Waals surface area contributed by atoms with Gasteiger partial charge < -0.3 is 5.11 Å². The molecule has 72 valence electrons. The van der Waals surface area contributed by atoms with Crippen molar-refractivity contribution in [2.45, 2.75) is 26.4 Å². The van der Waals surface area contributed by atoms with Crippen LogP contribution in [-0.4, -0.2) is 5.11 Å². The van der Waals surface area contributed by atoms with Crippen molar-refractivity contribution in [1.82, 2.24) is 0 Å². The van der Waals surface area contributed by atoms with E-state index in [0.717, 1.165) is 12.1 Å². The Hall–Kier alpha value is -0.960. The third-order valence-corrected chi connectivity index (χ3v) is 1.93. The molecule has 13 heavy (non-hydrogen) atoms. The second-order valence-corrected chi connectivity index (χ2v) is 3.64. The minimum atomic E-state index is -1.14. The number of rotatable bonds is 1. The smallest absolute Gasteiger partial charge is 0.159 e. The van der Waals surface area contributed by atoms with Crippen LogP contribution in [0.5, 0.6) is 0 Å². The molecule has 3 heteroatoms. The van der Waals surface area contributed by atoms with Crippen LogP contribution in [0.15, 0.2) is 12.1 Å². The van der Waals surface area contributed by atoms with Gasteiger partial charge in [0, 0.05) is 0 Å². The lowest BCUT2D eigenvalue weighted by Crippen LogP contribution is -2.17. The molecule has 0 atom stereocenters. The van der Waals surface area contributed by atoms with E-state index in [-0.39, 0.29) is 0 Å². The van der Waals surface area contributed by atoms with Crippen LogP contribution in [-0.2, 0) is 5.60 Å². The average Bonchev–Trinajstić information content (AvgIpc) is 1.94. The number of hydrogen-bond donors (Lipinski definition) is 1. The molecular formula is C10H12F2O. The summed E-state index contributed by atoms with van der Waals surface area (Å²) in [6.45, 7) is 4.70. The Balaban J connectivity index is 3.32. The van der Waals surface area contributed by atoms with Crippen LogP contribution in [0.4, 0.5) is 8.78 Å². The molecule has 1 N–H and O–H groups in total. The normalized spacial score (nSPS) is 11.8. The fraction of sp³-hybridized carbons (Fsp3) is 0.400. The first-order valence-corrected chi connectivity index (χ1v) is 4.01. The molecule has 0 bridgehead atoms. The second kappa shape index (κ2) is 3.07. The molecule has 0 unspecified atom stereocenters.